The predicted octanol–water partition coefficient (Wildman–Crippen LogP) is 4.08. The van der Waals surface area contributed by atoms with Crippen molar-refractivity contribution in [3.8, 4) is 0 Å². The summed E-state index contributed by atoms with van der Waals surface area (Å²) in [4.78, 5) is 28.6. The molecule has 0 aliphatic heterocycles. The zero-order valence-corrected chi connectivity index (χ0v) is 16.0. The van der Waals surface area contributed by atoms with Crippen molar-refractivity contribution in [2.75, 3.05) is 6.61 Å². The lowest BCUT2D eigenvalue weighted by molar-refractivity contribution is -0.145. The van der Waals surface area contributed by atoms with Crippen molar-refractivity contribution in [3.05, 3.63) is 70.9 Å². The van der Waals surface area contributed by atoms with Crippen LogP contribution in [0.3, 0.4) is 0 Å². The number of nitrogens with one attached hydrogen (secondary N) is 2. The molecule has 0 radical (unpaired) electrons. The highest BCUT2D eigenvalue weighted by Gasteiger charge is 2.31. The molecule has 3 aromatic rings. The van der Waals surface area contributed by atoms with Gasteiger partial charge in [-0.3, -0.25) is 9.59 Å². The average Bonchev–Trinajstić information content (AvgIpc) is 3.11. The van der Waals surface area contributed by atoms with Crippen molar-refractivity contribution in [2.45, 2.75) is 38.6 Å². The summed E-state index contributed by atoms with van der Waals surface area (Å²) in [6.07, 6.45) is 2.61. The van der Waals surface area contributed by atoms with Gasteiger partial charge in [0.05, 0.1) is 23.6 Å². The van der Waals surface area contributed by atoms with Crippen molar-refractivity contribution in [1.29, 1.82) is 0 Å². The fraction of sp³-hybridized carbons (Fsp3) is 0.304. The number of aromatic amines is 1. The molecule has 1 aliphatic carbocycles. The van der Waals surface area contributed by atoms with Crippen molar-refractivity contribution in [1.82, 2.24) is 10.3 Å². The lowest BCUT2D eigenvalue weighted by Gasteiger charge is -2.20. The van der Waals surface area contributed by atoms with Crippen LogP contribution in [0.5, 0.6) is 0 Å². The van der Waals surface area contributed by atoms with Gasteiger partial charge in [0.15, 0.2) is 0 Å². The Morgan fingerprint density at radius 2 is 1.96 bits per heavy atom. The van der Waals surface area contributed by atoms with Crippen LogP contribution in [0.25, 0.3) is 10.9 Å². The van der Waals surface area contributed by atoms with E-state index in [2.05, 4.69) is 10.3 Å². The minimum Gasteiger partial charge on any atom is -0.465 e. The first kappa shape index (κ1) is 18.3. The van der Waals surface area contributed by atoms with Gasteiger partial charge in [-0.2, -0.15) is 0 Å². The van der Waals surface area contributed by atoms with Gasteiger partial charge in [-0.1, -0.05) is 42.5 Å². The summed E-state index contributed by atoms with van der Waals surface area (Å²) in [5.74, 6) is -0.595. The Kier molecular flexibility index (Phi) is 5.15. The number of para-hydroxylation sites is 1. The summed E-state index contributed by atoms with van der Waals surface area (Å²) in [5.41, 5.74) is 4.50. The molecular formula is C23H24N2O3. The number of benzene rings is 2. The smallest absolute Gasteiger partial charge is 0.314 e. The molecular weight excluding hydrogens is 352 g/mol. The molecule has 1 aromatic heterocycles. The van der Waals surface area contributed by atoms with E-state index in [4.69, 9.17) is 4.74 Å². The molecule has 5 nitrogen and oxygen atoms in total. The average molecular weight is 376 g/mol. The third kappa shape index (κ3) is 3.40. The summed E-state index contributed by atoms with van der Waals surface area (Å²) in [7, 11) is 0. The Hall–Kier alpha value is -3.08. The van der Waals surface area contributed by atoms with E-state index >= 15 is 0 Å². The number of hydrogen-bond donors (Lipinski definition) is 2. The van der Waals surface area contributed by atoms with Crippen LogP contribution in [0, 0.1) is 0 Å². The maximum Gasteiger partial charge on any atom is 0.314 e. The summed E-state index contributed by atoms with van der Waals surface area (Å²) in [6, 6.07) is 15.6. The zero-order valence-electron chi connectivity index (χ0n) is 16.0. The number of H-pyrrole nitrogens is 1. The number of hydrogen-bond acceptors (Lipinski definition) is 3. The van der Waals surface area contributed by atoms with Crippen molar-refractivity contribution >= 4 is 22.8 Å². The molecule has 4 rings (SSSR count). The second-order valence-corrected chi connectivity index (χ2v) is 7.11. The van der Waals surface area contributed by atoms with Crippen LogP contribution < -0.4 is 5.32 Å². The Morgan fingerprint density at radius 3 is 2.75 bits per heavy atom. The van der Waals surface area contributed by atoms with Gasteiger partial charge >= 0.3 is 5.97 Å². The minimum atomic E-state index is -0.281. The third-order valence-electron chi connectivity index (χ3n) is 5.35. The summed E-state index contributed by atoms with van der Waals surface area (Å²) in [6.45, 7) is 2.67. The Bertz CT molecular complexity index is 1010. The summed E-state index contributed by atoms with van der Waals surface area (Å²) < 4.78 is 5.26. The molecule has 0 saturated carbocycles. The van der Waals surface area contributed by atoms with Gasteiger partial charge in [0.25, 0.3) is 5.91 Å². The van der Waals surface area contributed by atoms with E-state index in [1.54, 1.807) is 0 Å². The lowest BCUT2D eigenvalue weighted by atomic mass is 9.86. The molecule has 1 heterocycles. The second kappa shape index (κ2) is 7.89. The fourth-order valence-electron chi connectivity index (χ4n) is 4.03. The zero-order chi connectivity index (χ0) is 19.5. The van der Waals surface area contributed by atoms with E-state index in [1.807, 2.05) is 55.5 Å². The minimum absolute atomic E-state index is 0.124. The van der Waals surface area contributed by atoms with Crippen LogP contribution in [0.15, 0.2) is 48.5 Å². The van der Waals surface area contributed by atoms with Gasteiger partial charge < -0.3 is 15.0 Å². The van der Waals surface area contributed by atoms with Gasteiger partial charge in [0, 0.05) is 17.6 Å². The molecule has 0 bridgehead atoms. The monoisotopic (exact) mass is 376 g/mol. The Labute approximate surface area is 164 Å². The van der Waals surface area contributed by atoms with Crippen LogP contribution in [0.2, 0.25) is 0 Å². The first-order chi connectivity index (χ1) is 13.7. The molecule has 0 saturated heterocycles. The van der Waals surface area contributed by atoms with Gasteiger partial charge in [-0.05, 0) is 43.4 Å². The molecule has 0 spiro atoms. The number of carbonyl (C=O) groups is 2. The maximum atomic E-state index is 12.8. The molecule has 2 N–H and O–H groups in total. The van der Waals surface area contributed by atoms with Crippen LogP contribution in [-0.4, -0.2) is 23.5 Å². The van der Waals surface area contributed by atoms with Gasteiger partial charge in [0.2, 0.25) is 0 Å². The van der Waals surface area contributed by atoms with Crippen LogP contribution in [0.1, 0.15) is 52.9 Å². The number of carbonyl (C=O) groups excluding carboxylic acids is 2. The number of ether oxygens (including phenoxy) is 1. The van der Waals surface area contributed by atoms with E-state index < -0.39 is 0 Å². The van der Waals surface area contributed by atoms with E-state index in [-0.39, 0.29) is 17.8 Å². The summed E-state index contributed by atoms with van der Waals surface area (Å²) in [5, 5.41) is 4.02. The third-order valence-corrected chi connectivity index (χ3v) is 5.35. The number of rotatable bonds is 5. The lowest BCUT2D eigenvalue weighted by Crippen LogP contribution is -2.23. The molecule has 1 atom stereocenters. The SMILES string of the molecule is CCOC(=O)[C@@H]1CCCc2c1[nH]c1c(C(=O)NCc3ccccc3)cccc21. The number of aromatic nitrogens is 1. The van der Waals surface area contributed by atoms with E-state index in [0.717, 1.165) is 47.0 Å². The molecule has 0 unspecified atom stereocenters. The molecule has 0 fully saturated rings. The normalized spacial score (nSPS) is 15.8. The Morgan fingerprint density at radius 1 is 1.14 bits per heavy atom. The van der Waals surface area contributed by atoms with E-state index in [1.165, 1.54) is 0 Å². The first-order valence-corrected chi connectivity index (χ1v) is 9.81. The Balaban J connectivity index is 1.65. The number of amides is 1. The fourth-order valence-corrected chi connectivity index (χ4v) is 4.03. The molecule has 1 aliphatic rings. The number of aryl methyl sites for hydroxylation is 1. The van der Waals surface area contributed by atoms with Crippen LogP contribution in [-0.2, 0) is 22.5 Å². The molecule has 144 valence electrons. The van der Waals surface area contributed by atoms with E-state index in [9.17, 15) is 9.59 Å². The highest BCUT2D eigenvalue weighted by molar-refractivity contribution is 6.07. The van der Waals surface area contributed by atoms with Gasteiger partial charge in [-0.25, -0.2) is 0 Å². The largest absolute Gasteiger partial charge is 0.465 e. The standard InChI is InChI=1S/C23H24N2O3/c1-2-28-23(27)19-13-7-11-17-16-10-6-12-18(20(16)25-21(17)19)22(26)24-14-15-8-4-3-5-9-15/h3-6,8-10,12,19,25H,2,7,11,13-14H2,1H3,(H,24,26)/t19-/m1/s1. The predicted molar refractivity (Wildman–Crippen MR) is 108 cm³/mol. The van der Waals surface area contributed by atoms with Crippen LogP contribution in [0.4, 0.5) is 0 Å². The quantitative estimate of drug-likeness (QED) is 0.659. The molecule has 5 heteroatoms. The molecule has 2 aromatic carbocycles. The van der Waals surface area contributed by atoms with Crippen molar-refractivity contribution < 1.29 is 14.3 Å². The molecule has 28 heavy (non-hydrogen) atoms. The summed E-state index contributed by atoms with van der Waals surface area (Å²) >= 11 is 0. The number of fused-ring (bicyclic) bond motifs is 3. The maximum absolute atomic E-state index is 12.8. The molecule has 1 amide bonds. The second-order valence-electron chi connectivity index (χ2n) is 7.11. The van der Waals surface area contributed by atoms with Gasteiger partial charge in [0.1, 0.15) is 0 Å². The van der Waals surface area contributed by atoms with Gasteiger partial charge in [-0.15, -0.1) is 0 Å². The van der Waals surface area contributed by atoms with Crippen molar-refractivity contribution in [2.24, 2.45) is 0 Å². The highest BCUT2D eigenvalue weighted by atomic mass is 16.5. The number of esters is 1. The van der Waals surface area contributed by atoms with E-state index in [0.29, 0.717) is 18.7 Å². The van der Waals surface area contributed by atoms with Crippen LogP contribution >= 0.6 is 0 Å². The first-order valence-electron chi connectivity index (χ1n) is 9.81. The van der Waals surface area contributed by atoms with Crippen molar-refractivity contribution in [3.63, 3.8) is 0 Å². The highest BCUT2D eigenvalue weighted by Crippen LogP contribution is 2.37. The topological polar surface area (TPSA) is 71.2 Å².